The Labute approximate surface area is 184 Å². The number of ether oxygens (including phenoxy) is 1. The molecule has 0 spiro atoms. The molecule has 0 radical (unpaired) electrons. The number of carbonyl (C=O) groups is 2. The van der Waals surface area contributed by atoms with Gasteiger partial charge in [0, 0.05) is 22.8 Å². The number of aryl methyl sites for hydroxylation is 1. The highest BCUT2D eigenvalue weighted by atomic mass is 35.5. The average Bonchev–Trinajstić information content (AvgIpc) is 2.78. The lowest BCUT2D eigenvalue weighted by Gasteiger charge is -2.30. The highest BCUT2D eigenvalue weighted by molar-refractivity contribution is 6.31. The number of amides is 2. The standard InChI is InChI=1S/C24H20ClFN2O3/c1-31-22-11-9-17(25)14-20(22)27-23(29)16-8-10-21-15(13-16)5-4-12-28(21)24(30)18-6-2-3-7-19(18)26/h2-3,6-11,13-14H,4-5,12H2,1H3,(H,27,29). The van der Waals surface area contributed by atoms with Gasteiger partial charge in [-0.3, -0.25) is 9.59 Å². The zero-order valence-corrected chi connectivity index (χ0v) is 17.6. The van der Waals surface area contributed by atoms with E-state index in [2.05, 4.69) is 5.32 Å². The Morgan fingerprint density at radius 3 is 2.68 bits per heavy atom. The third-order valence-corrected chi connectivity index (χ3v) is 5.45. The first-order chi connectivity index (χ1) is 15.0. The molecule has 0 aromatic heterocycles. The van der Waals surface area contributed by atoms with Gasteiger partial charge in [-0.2, -0.15) is 0 Å². The second-order valence-electron chi connectivity index (χ2n) is 7.18. The third-order valence-electron chi connectivity index (χ3n) is 5.22. The summed E-state index contributed by atoms with van der Waals surface area (Å²) in [6.07, 6.45) is 1.44. The Morgan fingerprint density at radius 1 is 1.10 bits per heavy atom. The maximum absolute atomic E-state index is 14.1. The minimum Gasteiger partial charge on any atom is -0.495 e. The minimum absolute atomic E-state index is 0.0326. The van der Waals surface area contributed by atoms with Gasteiger partial charge in [-0.15, -0.1) is 0 Å². The predicted octanol–water partition coefficient (Wildman–Crippen LogP) is 5.33. The predicted molar refractivity (Wildman–Crippen MR) is 119 cm³/mol. The van der Waals surface area contributed by atoms with Crippen LogP contribution >= 0.6 is 11.6 Å². The van der Waals surface area contributed by atoms with E-state index in [4.69, 9.17) is 16.3 Å². The number of carbonyl (C=O) groups excluding carboxylic acids is 2. The van der Waals surface area contributed by atoms with E-state index in [0.717, 1.165) is 18.4 Å². The molecule has 4 rings (SSSR count). The lowest BCUT2D eigenvalue weighted by Crippen LogP contribution is -2.36. The van der Waals surface area contributed by atoms with E-state index in [9.17, 15) is 14.0 Å². The van der Waals surface area contributed by atoms with E-state index in [1.807, 2.05) is 0 Å². The Bertz CT molecular complexity index is 1170. The van der Waals surface area contributed by atoms with E-state index in [1.54, 1.807) is 53.4 Å². The van der Waals surface area contributed by atoms with Crippen molar-refractivity contribution in [3.63, 3.8) is 0 Å². The van der Waals surface area contributed by atoms with Crippen LogP contribution in [0.3, 0.4) is 0 Å². The summed E-state index contributed by atoms with van der Waals surface area (Å²) in [5.41, 5.74) is 2.50. The van der Waals surface area contributed by atoms with Crippen molar-refractivity contribution >= 4 is 34.8 Å². The van der Waals surface area contributed by atoms with E-state index >= 15 is 0 Å². The smallest absolute Gasteiger partial charge is 0.261 e. The van der Waals surface area contributed by atoms with Crippen molar-refractivity contribution < 1.29 is 18.7 Å². The van der Waals surface area contributed by atoms with Crippen LogP contribution in [-0.4, -0.2) is 25.5 Å². The minimum atomic E-state index is -0.550. The van der Waals surface area contributed by atoms with Crippen LogP contribution in [0.4, 0.5) is 15.8 Å². The molecule has 3 aromatic rings. The van der Waals surface area contributed by atoms with Crippen molar-refractivity contribution in [1.29, 1.82) is 0 Å². The summed E-state index contributed by atoms with van der Waals surface area (Å²) in [4.78, 5) is 27.3. The van der Waals surface area contributed by atoms with E-state index in [0.29, 0.717) is 34.3 Å². The van der Waals surface area contributed by atoms with Crippen LogP contribution in [0, 0.1) is 5.82 Å². The van der Waals surface area contributed by atoms with E-state index in [1.165, 1.54) is 19.2 Å². The molecule has 1 heterocycles. The maximum Gasteiger partial charge on any atom is 0.261 e. The number of anilines is 2. The molecule has 0 bridgehead atoms. The first kappa shape index (κ1) is 20.9. The molecule has 1 aliphatic heterocycles. The second-order valence-corrected chi connectivity index (χ2v) is 7.62. The van der Waals surface area contributed by atoms with Crippen LogP contribution in [0.1, 0.15) is 32.7 Å². The molecular formula is C24H20ClFN2O3. The first-order valence-electron chi connectivity index (χ1n) is 9.82. The molecule has 31 heavy (non-hydrogen) atoms. The zero-order valence-electron chi connectivity index (χ0n) is 16.8. The summed E-state index contributed by atoms with van der Waals surface area (Å²) in [5.74, 6) is -0.760. The lowest BCUT2D eigenvalue weighted by atomic mass is 9.98. The molecule has 0 aliphatic carbocycles. The third kappa shape index (κ3) is 4.25. The normalized spacial score (nSPS) is 12.8. The van der Waals surface area contributed by atoms with Gasteiger partial charge in [-0.1, -0.05) is 23.7 Å². The average molecular weight is 439 g/mol. The molecule has 0 saturated heterocycles. The van der Waals surface area contributed by atoms with Gasteiger partial charge >= 0.3 is 0 Å². The van der Waals surface area contributed by atoms with Gasteiger partial charge in [0.15, 0.2) is 0 Å². The highest BCUT2D eigenvalue weighted by Crippen LogP contribution is 2.31. The van der Waals surface area contributed by atoms with Crippen molar-refractivity contribution in [2.45, 2.75) is 12.8 Å². The number of benzene rings is 3. The number of fused-ring (bicyclic) bond motifs is 1. The summed E-state index contributed by atoms with van der Waals surface area (Å²) in [5, 5.41) is 3.29. The SMILES string of the molecule is COc1ccc(Cl)cc1NC(=O)c1ccc2c(c1)CCCN2C(=O)c1ccccc1F. The number of rotatable bonds is 4. The van der Waals surface area contributed by atoms with Crippen LogP contribution in [0.2, 0.25) is 5.02 Å². The van der Waals surface area contributed by atoms with Gasteiger partial charge in [0.25, 0.3) is 11.8 Å². The Hall–Kier alpha value is -3.38. The van der Waals surface area contributed by atoms with Crippen molar-refractivity contribution in [3.05, 3.63) is 88.2 Å². The number of nitrogens with one attached hydrogen (secondary N) is 1. The quantitative estimate of drug-likeness (QED) is 0.598. The molecule has 0 unspecified atom stereocenters. The molecule has 5 nitrogen and oxygen atoms in total. The van der Waals surface area contributed by atoms with E-state index in [-0.39, 0.29) is 17.4 Å². The molecule has 0 atom stereocenters. The number of hydrogen-bond acceptors (Lipinski definition) is 3. The summed E-state index contributed by atoms with van der Waals surface area (Å²) in [6, 6.07) is 16.1. The zero-order chi connectivity index (χ0) is 22.0. The Kier molecular flexibility index (Phi) is 5.91. The monoisotopic (exact) mass is 438 g/mol. The maximum atomic E-state index is 14.1. The van der Waals surface area contributed by atoms with Gasteiger partial charge in [0.05, 0.1) is 18.4 Å². The fourth-order valence-electron chi connectivity index (χ4n) is 3.70. The topological polar surface area (TPSA) is 58.6 Å². The number of hydrogen-bond donors (Lipinski definition) is 1. The largest absolute Gasteiger partial charge is 0.495 e. The fourth-order valence-corrected chi connectivity index (χ4v) is 3.87. The van der Waals surface area contributed by atoms with Crippen LogP contribution in [0.25, 0.3) is 0 Å². The lowest BCUT2D eigenvalue weighted by molar-refractivity contribution is 0.0980. The summed E-state index contributed by atoms with van der Waals surface area (Å²) < 4.78 is 19.4. The molecule has 0 fully saturated rings. The van der Waals surface area contributed by atoms with Crippen molar-refractivity contribution in [1.82, 2.24) is 0 Å². The molecule has 0 saturated carbocycles. The van der Waals surface area contributed by atoms with E-state index < -0.39 is 5.82 Å². The van der Waals surface area contributed by atoms with Crippen LogP contribution < -0.4 is 15.0 Å². The number of nitrogens with zero attached hydrogens (tertiary/aromatic N) is 1. The molecule has 7 heteroatoms. The molecule has 158 valence electrons. The number of methoxy groups -OCH3 is 1. The van der Waals surface area contributed by atoms with Crippen molar-refractivity contribution in [2.75, 3.05) is 23.9 Å². The van der Waals surface area contributed by atoms with Crippen molar-refractivity contribution in [2.24, 2.45) is 0 Å². The Morgan fingerprint density at radius 2 is 1.90 bits per heavy atom. The summed E-state index contributed by atoms with van der Waals surface area (Å²) >= 11 is 6.03. The summed E-state index contributed by atoms with van der Waals surface area (Å²) in [6.45, 7) is 0.491. The van der Waals surface area contributed by atoms with Gasteiger partial charge < -0.3 is 15.0 Å². The second kappa shape index (κ2) is 8.78. The van der Waals surface area contributed by atoms with Gasteiger partial charge in [-0.25, -0.2) is 4.39 Å². The summed E-state index contributed by atoms with van der Waals surface area (Å²) in [7, 11) is 1.51. The van der Waals surface area contributed by atoms with Gasteiger partial charge in [0.2, 0.25) is 0 Å². The Balaban J connectivity index is 1.60. The van der Waals surface area contributed by atoms with Crippen LogP contribution in [0.5, 0.6) is 5.75 Å². The molecule has 1 N–H and O–H groups in total. The van der Waals surface area contributed by atoms with Gasteiger partial charge in [-0.05, 0) is 66.9 Å². The highest BCUT2D eigenvalue weighted by Gasteiger charge is 2.26. The van der Waals surface area contributed by atoms with Crippen molar-refractivity contribution in [3.8, 4) is 5.75 Å². The van der Waals surface area contributed by atoms with Crippen LogP contribution in [-0.2, 0) is 6.42 Å². The van der Waals surface area contributed by atoms with Gasteiger partial charge in [0.1, 0.15) is 11.6 Å². The molecule has 3 aromatic carbocycles. The molecular weight excluding hydrogens is 419 g/mol. The fraction of sp³-hybridized carbons (Fsp3) is 0.167. The first-order valence-corrected chi connectivity index (χ1v) is 10.2. The van der Waals surface area contributed by atoms with Crippen LogP contribution in [0.15, 0.2) is 60.7 Å². The number of halogens is 2. The molecule has 2 amide bonds. The molecule has 1 aliphatic rings.